The number of benzene rings is 2. The summed E-state index contributed by atoms with van der Waals surface area (Å²) in [6.45, 7) is 4.30. The summed E-state index contributed by atoms with van der Waals surface area (Å²) in [5.41, 5.74) is 7.63. The van der Waals surface area contributed by atoms with Crippen LogP contribution in [0.25, 0.3) is 0 Å². The molecule has 2 rings (SSSR count). The Bertz CT molecular complexity index is 658. The molecule has 5 nitrogen and oxygen atoms in total. The summed E-state index contributed by atoms with van der Waals surface area (Å²) in [7, 11) is 0. The van der Waals surface area contributed by atoms with Gasteiger partial charge in [0.1, 0.15) is 11.5 Å². The Kier molecular flexibility index (Phi) is 8.58. The number of rotatable bonds is 11. The van der Waals surface area contributed by atoms with Crippen molar-refractivity contribution in [2.45, 2.75) is 44.8 Å². The molecular formula is C22H32N2O3. The number of hydrogen-bond acceptors (Lipinski definition) is 5. The van der Waals surface area contributed by atoms with Crippen LogP contribution in [0.1, 0.15) is 43.4 Å². The maximum atomic E-state index is 10.6. The van der Waals surface area contributed by atoms with Crippen molar-refractivity contribution >= 4 is 0 Å². The molecule has 0 aliphatic heterocycles. The molecular weight excluding hydrogens is 340 g/mol. The molecule has 0 spiro atoms. The Balaban J connectivity index is 1.96. The predicted molar refractivity (Wildman–Crippen MR) is 109 cm³/mol. The summed E-state index contributed by atoms with van der Waals surface area (Å²) in [6, 6.07) is 14.4. The summed E-state index contributed by atoms with van der Waals surface area (Å²) < 4.78 is 0. The maximum Gasteiger partial charge on any atom is 0.115 e. The lowest BCUT2D eigenvalue weighted by Crippen LogP contribution is -2.37. The molecule has 0 bridgehead atoms. The van der Waals surface area contributed by atoms with Gasteiger partial charge in [-0.1, -0.05) is 24.3 Å². The Morgan fingerprint density at radius 3 is 2.11 bits per heavy atom. The Hall–Kier alpha value is -2.08. The molecule has 2 aromatic carbocycles. The fourth-order valence-corrected chi connectivity index (χ4v) is 3.20. The first-order valence-corrected chi connectivity index (χ1v) is 9.68. The lowest BCUT2D eigenvalue weighted by molar-refractivity contribution is 0.0872. The highest BCUT2D eigenvalue weighted by Crippen LogP contribution is 2.21. The molecule has 0 saturated heterocycles. The van der Waals surface area contributed by atoms with Gasteiger partial charge in [-0.05, 0) is 81.1 Å². The van der Waals surface area contributed by atoms with Crippen LogP contribution < -0.4 is 5.73 Å². The van der Waals surface area contributed by atoms with E-state index in [4.69, 9.17) is 5.73 Å². The molecule has 0 fully saturated rings. The number of phenolic OH excluding ortho intramolecular Hbond substituents is 2. The van der Waals surface area contributed by atoms with Crippen LogP contribution >= 0.6 is 0 Å². The molecule has 0 aliphatic carbocycles. The third kappa shape index (κ3) is 7.21. The molecule has 0 aromatic heterocycles. The van der Waals surface area contributed by atoms with Crippen molar-refractivity contribution in [2.24, 2.45) is 5.73 Å². The number of aromatic hydroxyl groups is 2. The van der Waals surface area contributed by atoms with Crippen molar-refractivity contribution in [1.82, 2.24) is 4.90 Å². The molecule has 0 radical (unpaired) electrons. The van der Waals surface area contributed by atoms with E-state index >= 15 is 0 Å². The van der Waals surface area contributed by atoms with Crippen LogP contribution in [0.4, 0.5) is 0 Å². The zero-order valence-electron chi connectivity index (χ0n) is 16.1. The standard InChI is InChI=1S/C22H32N2O3/c1-17(4-5-18-6-10-20(25)11-7-18)24(15-3-2-14-23)16-22(27)19-8-12-21(26)13-9-19/h6-13,17,22,25-27H,2-5,14-16,23H2,1H3. The van der Waals surface area contributed by atoms with Crippen molar-refractivity contribution in [3.63, 3.8) is 0 Å². The second-order valence-electron chi connectivity index (χ2n) is 7.15. The number of aliphatic hydroxyl groups excluding tert-OH is 1. The fraction of sp³-hybridized carbons (Fsp3) is 0.455. The summed E-state index contributed by atoms with van der Waals surface area (Å²) in [5.74, 6) is 0.486. The van der Waals surface area contributed by atoms with Gasteiger partial charge in [-0.2, -0.15) is 0 Å². The van der Waals surface area contributed by atoms with Crippen LogP contribution in [-0.2, 0) is 6.42 Å². The average Bonchev–Trinajstić information content (AvgIpc) is 2.67. The summed E-state index contributed by atoms with van der Waals surface area (Å²) in [5, 5.41) is 29.5. The van der Waals surface area contributed by atoms with E-state index in [0.29, 0.717) is 19.1 Å². The number of unbranched alkanes of at least 4 members (excludes halogenated alkanes) is 1. The second kappa shape index (κ2) is 10.9. The predicted octanol–water partition coefficient (Wildman–Crippen LogP) is 3.19. The third-order valence-corrected chi connectivity index (χ3v) is 5.00. The van der Waals surface area contributed by atoms with Gasteiger partial charge in [-0.3, -0.25) is 4.90 Å². The SMILES string of the molecule is CC(CCc1ccc(O)cc1)N(CCCCN)CC(O)c1ccc(O)cc1. The van der Waals surface area contributed by atoms with E-state index in [9.17, 15) is 15.3 Å². The van der Waals surface area contributed by atoms with Crippen molar-refractivity contribution < 1.29 is 15.3 Å². The van der Waals surface area contributed by atoms with Gasteiger partial charge in [-0.25, -0.2) is 0 Å². The van der Waals surface area contributed by atoms with E-state index < -0.39 is 6.10 Å². The van der Waals surface area contributed by atoms with Crippen LogP contribution in [0, 0.1) is 0 Å². The highest BCUT2D eigenvalue weighted by molar-refractivity contribution is 5.27. The zero-order chi connectivity index (χ0) is 19.6. The van der Waals surface area contributed by atoms with Crippen LogP contribution in [0.2, 0.25) is 0 Å². The minimum absolute atomic E-state index is 0.202. The Morgan fingerprint density at radius 1 is 0.926 bits per heavy atom. The molecule has 0 heterocycles. The molecule has 2 aromatic rings. The number of nitrogens with zero attached hydrogens (tertiary/aromatic N) is 1. The minimum Gasteiger partial charge on any atom is -0.508 e. The molecule has 2 atom stereocenters. The molecule has 0 amide bonds. The molecule has 0 saturated carbocycles. The number of aliphatic hydroxyl groups is 1. The Morgan fingerprint density at radius 2 is 1.52 bits per heavy atom. The first kappa shape index (κ1) is 21.2. The maximum absolute atomic E-state index is 10.6. The average molecular weight is 373 g/mol. The second-order valence-corrected chi connectivity index (χ2v) is 7.15. The number of hydrogen-bond donors (Lipinski definition) is 4. The van der Waals surface area contributed by atoms with Crippen LogP contribution in [0.15, 0.2) is 48.5 Å². The fourth-order valence-electron chi connectivity index (χ4n) is 3.20. The molecule has 5 heteroatoms. The first-order chi connectivity index (χ1) is 13.0. The van der Waals surface area contributed by atoms with E-state index in [1.165, 1.54) is 5.56 Å². The highest BCUT2D eigenvalue weighted by Gasteiger charge is 2.18. The molecule has 5 N–H and O–H groups in total. The first-order valence-electron chi connectivity index (χ1n) is 9.68. The van der Waals surface area contributed by atoms with E-state index in [1.807, 2.05) is 12.1 Å². The minimum atomic E-state index is -0.598. The van der Waals surface area contributed by atoms with E-state index in [0.717, 1.165) is 37.8 Å². The van der Waals surface area contributed by atoms with Gasteiger partial charge in [0.05, 0.1) is 6.10 Å². The van der Waals surface area contributed by atoms with Gasteiger partial charge in [0.25, 0.3) is 0 Å². The van der Waals surface area contributed by atoms with E-state index in [-0.39, 0.29) is 11.5 Å². The zero-order valence-corrected chi connectivity index (χ0v) is 16.1. The number of phenols is 2. The normalized spacial score (nSPS) is 13.6. The lowest BCUT2D eigenvalue weighted by Gasteiger charge is -2.31. The van der Waals surface area contributed by atoms with Gasteiger partial charge in [0.15, 0.2) is 0 Å². The van der Waals surface area contributed by atoms with Crippen molar-refractivity contribution in [3.8, 4) is 11.5 Å². The van der Waals surface area contributed by atoms with Gasteiger partial charge in [0.2, 0.25) is 0 Å². The molecule has 2 unspecified atom stereocenters. The lowest BCUT2D eigenvalue weighted by atomic mass is 10.0. The van der Waals surface area contributed by atoms with Crippen molar-refractivity contribution in [3.05, 3.63) is 59.7 Å². The monoisotopic (exact) mass is 372 g/mol. The summed E-state index contributed by atoms with van der Waals surface area (Å²) in [6.07, 6.45) is 3.26. The number of nitrogens with two attached hydrogens (primary N) is 1. The van der Waals surface area contributed by atoms with Crippen molar-refractivity contribution in [2.75, 3.05) is 19.6 Å². The summed E-state index contributed by atoms with van der Waals surface area (Å²) in [4.78, 5) is 2.31. The summed E-state index contributed by atoms with van der Waals surface area (Å²) >= 11 is 0. The van der Waals surface area contributed by atoms with Gasteiger partial charge < -0.3 is 21.1 Å². The third-order valence-electron chi connectivity index (χ3n) is 5.00. The van der Waals surface area contributed by atoms with Gasteiger partial charge >= 0.3 is 0 Å². The van der Waals surface area contributed by atoms with E-state index in [1.54, 1.807) is 36.4 Å². The molecule has 148 valence electrons. The smallest absolute Gasteiger partial charge is 0.115 e. The van der Waals surface area contributed by atoms with Crippen molar-refractivity contribution in [1.29, 1.82) is 0 Å². The van der Waals surface area contributed by atoms with E-state index in [2.05, 4.69) is 11.8 Å². The van der Waals surface area contributed by atoms with Gasteiger partial charge in [-0.15, -0.1) is 0 Å². The van der Waals surface area contributed by atoms with Crippen LogP contribution in [0.3, 0.4) is 0 Å². The van der Waals surface area contributed by atoms with Crippen LogP contribution in [0.5, 0.6) is 11.5 Å². The highest BCUT2D eigenvalue weighted by atomic mass is 16.3. The topological polar surface area (TPSA) is 90.0 Å². The van der Waals surface area contributed by atoms with Crippen LogP contribution in [-0.4, -0.2) is 45.9 Å². The molecule has 0 aliphatic rings. The largest absolute Gasteiger partial charge is 0.508 e. The van der Waals surface area contributed by atoms with Gasteiger partial charge in [0, 0.05) is 12.6 Å². The Labute approximate surface area is 162 Å². The quantitative estimate of drug-likeness (QED) is 0.455. The molecule has 27 heavy (non-hydrogen) atoms. The number of aryl methyl sites for hydroxylation is 1.